The van der Waals surface area contributed by atoms with Gasteiger partial charge in [-0.05, 0) is 48.9 Å². The van der Waals surface area contributed by atoms with Crippen molar-refractivity contribution in [1.82, 2.24) is 5.32 Å². The van der Waals surface area contributed by atoms with Crippen molar-refractivity contribution in [2.24, 2.45) is 5.73 Å². The molecule has 0 aliphatic rings. The van der Waals surface area contributed by atoms with Gasteiger partial charge in [0.15, 0.2) is 11.5 Å². The molecule has 0 saturated heterocycles. The molecule has 0 saturated carbocycles. The van der Waals surface area contributed by atoms with Gasteiger partial charge in [-0.1, -0.05) is 6.07 Å². The second-order valence-corrected chi connectivity index (χ2v) is 5.25. The molecule has 3 N–H and O–H groups in total. The Bertz CT molecular complexity index is 741. The number of hydrogen-bond acceptors (Lipinski definition) is 4. The number of ether oxygens (including phenoxy) is 2. The van der Waals surface area contributed by atoms with Crippen LogP contribution in [0.4, 0.5) is 0 Å². The van der Waals surface area contributed by atoms with Crippen LogP contribution < -0.4 is 20.5 Å². The number of carbonyl (C=O) groups is 2. The minimum Gasteiger partial charge on any atom is -0.493 e. The first-order chi connectivity index (χ1) is 11.5. The summed E-state index contributed by atoms with van der Waals surface area (Å²) in [5.41, 5.74) is 6.88. The van der Waals surface area contributed by atoms with E-state index in [1.54, 1.807) is 32.4 Å². The van der Waals surface area contributed by atoms with Crippen LogP contribution in [-0.2, 0) is 0 Å². The van der Waals surface area contributed by atoms with E-state index >= 15 is 0 Å². The van der Waals surface area contributed by atoms with E-state index in [-0.39, 0.29) is 11.9 Å². The van der Waals surface area contributed by atoms with Gasteiger partial charge in [0.25, 0.3) is 5.91 Å². The van der Waals surface area contributed by atoms with Crippen LogP contribution in [0.15, 0.2) is 42.5 Å². The van der Waals surface area contributed by atoms with Crippen LogP contribution in [0.2, 0.25) is 0 Å². The van der Waals surface area contributed by atoms with Crippen LogP contribution in [-0.4, -0.2) is 26.0 Å². The lowest BCUT2D eigenvalue weighted by molar-refractivity contribution is 0.0937. The molecule has 0 bridgehead atoms. The topological polar surface area (TPSA) is 90.6 Å². The Kier molecular flexibility index (Phi) is 5.42. The summed E-state index contributed by atoms with van der Waals surface area (Å²) in [6, 6.07) is 11.4. The Morgan fingerprint density at radius 3 is 2.08 bits per heavy atom. The van der Waals surface area contributed by atoms with Crippen LogP contribution in [0.3, 0.4) is 0 Å². The lowest BCUT2D eigenvalue weighted by Crippen LogP contribution is -2.26. The van der Waals surface area contributed by atoms with Gasteiger partial charge >= 0.3 is 0 Å². The van der Waals surface area contributed by atoms with E-state index in [0.717, 1.165) is 5.56 Å². The second kappa shape index (κ2) is 7.50. The van der Waals surface area contributed by atoms with Crippen molar-refractivity contribution < 1.29 is 19.1 Å². The molecule has 0 aliphatic heterocycles. The smallest absolute Gasteiger partial charge is 0.251 e. The fourth-order valence-corrected chi connectivity index (χ4v) is 2.27. The summed E-state index contributed by atoms with van der Waals surface area (Å²) >= 11 is 0. The third-order valence-corrected chi connectivity index (χ3v) is 3.69. The highest BCUT2D eigenvalue weighted by atomic mass is 16.5. The minimum absolute atomic E-state index is 0.229. The highest BCUT2D eigenvalue weighted by molar-refractivity contribution is 5.97. The molecule has 1 unspecified atom stereocenters. The van der Waals surface area contributed by atoms with Gasteiger partial charge in [-0.25, -0.2) is 0 Å². The molecule has 2 aromatic carbocycles. The van der Waals surface area contributed by atoms with Gasteiger partial charge in [0, 0.05) is 11.1 Å². The summed E-state index contributed by atoms with van der Waals surface area (Å²) in [6.07, 6.45) is 0. The van der Waals surface area contributed by atoms with Gasteiger partial charge in [0.2, 0.25) is 5.91 Å². The van der Waals surface area contributed by atoms with E-state index in [0.29, 0.717) is 22.6 Å². The molecular formula is C18H20N2O4. The standard InChI is InChI=1S/C18H20N2O4/c1-11(14-8-9-15(23-2)16(10-14)24-3)20-18(22)13-6-4-12(5-7-13)17(19)21/h4-11H,1-3H3,(H2,19,21)(H,20,22). The zero-order valence-corrected chi connectivity index (χ0v) is 13.8. The van der Waals surface area contributed by atoms with Crippen LogP contribution in [0.1, 0.15) is 39.2 Å². The Morgan fingerprint density at radius 1 is 0.958 bits per heavy atom. The summed E-state index contributed by atoms with van der Waals surface area (Å²) in [5.74, 6) is 0.456. The largest absolute Gasteiger partial charge is 0.493 e. The van der Waals surface area contributed by atoms with Crippen molar-refractivity contribution >= 4 is 11.8 Å². The van der Waals surface area contributed by atoms with E-state index in [2.05, 4.69) is 5.32 Å². The first-order valence-electron chi connectivity index (χ1n) is 7.39. The molecule has 24 heavy (non-hydrogen) atoms. The lowest BCUT2D eigenvalue weighted by Gasteiger charge is -2.16. The Hall–Kier alpha value is -3.02. The van der Waals surface area contributed by atoms with Gasteiger partial charge in [-0.3, -0.25) is 9.59 Å². The molecule has 126 valence electrons. The highest BCUT2D eigenvalue weighted by Crippen LogP contribution is 2.29. The highest BCUT2D eigenvalue weighted by Gasteiger charge is 2.14. The Balaban J connectivity index is 2.12. The number of carbonyl (C=O) groups excluding carboxylic acids is 2. The maximum absolute atomic E-state index is 12.3. The zero-order valence-electron chi connectivity index (χ0n) is 13.8. The first-order valence-corrected chi connectivity index (χ1v) is 7.39. The predicted molar refractivity (Wildman–Crippen MR) is 90.4 cm³/mol. The van der Waals surface area contributed by atoms with Crippen molar-refractivity contribution in [2.45, 2.75) is 13.0 Å². The van der Waals surface area contributed by atoms with Crippen molar-refractivity contribution in [3.8, 4) is 11.5 Å². The molecular weight excluding hydrogens is 308 g/mol. The molecule has 0 heterocycles. The van der Waals surface area contributed by atoms with E-state index < -0.39 is 5.91 Å². The number of benzene rings is 2. The lowest BCUT2D eigenvalue weighted by atomic mass is 10.1. The number of methoxy groups -OCH3 is 2. The molecule has 6 heteroatoms. The maximum Gasteiger partial charge on any atom is 0.251 e. The fraction of sp³-hybridized carbons (Fsp3) is 0.222. The van der Waals surface area contributed by atoms with E-state index in [1.807, 2.05) is 19.1 Å². The first kappa shape index (κ1) is 17.3. The van der Waals surface area contributed by atoms with Gasteiger partial charge in [0.05, 0.1) is 20.3 Å². The molecule has 0 fully saturated rings. The minimum atomic E-state index is -0.527. The normalized spacial score (nSPS) is 11.5. The second-order valence-electron chi connectivity index (χ2n) is 5.25. The van der Waals surface area contributed by atoms with E-state index in [9.17, 15) is 9.59 Å². The van der Waals surface area contributed by atoms with Crippen LogP contribution >= 0.6 is 0 Å². The zero-order chi connectivity index (χ0) is 17.7. The Morgan fingerprint density at radius 2 is 1.54 bits per heavy atom. The van der Waals surface area contributed by atoms with Crippen molar-refractivity contribution in [3.63, 3.8) is 0 Å². The van der Waals surface area contributed by atoms with Gasteiger partial charge in [-0.15, -0.1) is 0 Å². The monoisotopic (exact) mass is 328 g/mol. The molecule has 2 amide bonds. The summed E-state index contributed by atoms with van der Waals surface area (Å²) in [6.45, 7) is 1.87. The van der Waals surface area contributed by atoms with Gasteiger partial charge in [-0.2, -0.15) is 0 Å². The third-order valence-electron chi connectivity index (χ3n) is 3.69. The Labute approximate surface area is 140 Å². The summed E-state index contributed by atoms with van der Waals surface area (Å²) in [4.78, 5) is 23.4. The molecule has 2 aromatic rings. The summed E-state index contributed by atoms with van der Waals surface area (Å²) < 4.78 is 10.5. The number of amides is 2. The number of primary amides is 1. The molecule has 0 spiro atoms. The molecule has 0 aromatic heterocycles. The molecule has 0 radical (unpaired) electrons. The van der Waals surface area contributed by atoms with Crippen LogP contribution in [0, 0.1) is 0 Å². The van der Waals surface area contributed by atoms with E-state index in [1.165, 1.54) is 12.1 Å². The van der Waals surface area contributed by atoms with Gasteiger partial charge < -0.3 is 20.5 Å². The average molecular weight is 328 g/mol. The third kappa shape index (κ3) is 3.84. The molecule has 0 aliphatic carbocycles. The quantitative estimate of drug-likeness (QED) is 0.851. The number of rotatable bonds is 6. The number of nitrogens with two attached hydrogens (primary N) is 1. The van der Waals surface area contributed by atoms with Gasteiger partial charge in [0.1, 0.15) is 0 Å². The molecule has 2 rings (SSSR count). The van der Waals surface area contributed by atoms with Crippen molar-refractivity contribution in [1.29, 1.82) is 0 Å². The van der Waals surface area contributed by atoms with Crippen molar-refractivity contribution in [3.05, 3.63) is 59.2 Å². The molecule has 1 atom stereocenters. The van der Waals surface area contributed by atoms with Crippen LogP contribution in [0.25, 0.3) is 0 Å². The van der Waals surface area contributed by atoms with Crippen molar-refractivity contribution in [2.75, 3.05) is 14.2 Å². The summed E-state index contributed by atoms with van der Waals surface area (Å²) in [7, 11) is 3.13. The average Bonchev–Trinajstić information content (AvgIpc) is 2.60. The fourth-order valence-electron chi connectivity index (χ4n) is 2.27. The number of nitrogens with one attached hydrogen (secondary N) is 1. The summed E-state index contributed by atoms with van der Waals surface area (Å²) in [5, 5.41) is 2.90. The number of hydrogen-bond donors (Lipinski definition) is 2. The SMILES string of the molecule is COc1ccc(C(C)NC(=O)c2ccc(C(N)=O)cc2)cc1OC. The molecule has 6 nitrogen and oxygen atoms in total. The maximum atomic E-state index is 12.3. The van der Waals surface area contributed by atoms with E-state index in [4.69, 9.17) is 15.2 Å². The van der Waals surface area contributed by atoms with Crippen LogP contribution in [0.5, 0.6) is 11.5 Å². The predicted octanol–water partition coefficient (Wildman–Crippen LogP) is 2.29.